The van der Waals surface area contributed by atoms with Gasteiger partial charge < -0.3 is 15.2 Å². The van der Waals surface area contributed by atoms with Crippen LogP contribution < -0.4 is 5.32 Å². The van der Waals surface area contributed by atoms with Gasteiger partial charge in [-0.1, -0.05) is 0 Å². The van der Waals surface area contributed by atoms with Crippen LogP contribution >= 0.6 is 0 Å². The van der Waals surface area contributed by atoms with Crippen LogP contribution in [0.15, 0.2) is 0 Å². The fourth-order valence-corrected chi connectivity index (χ4v) is 0.650. The summed E-state index contributed by atoms with van der Waals surface area (Å²) < 4.78 is 4.76. The third-order valence-corrected chi connectivity index (χ3v) is 1.17. The van der Waals surface area contributed by atoms with Gasteiger partial charge in [0.1, 0.15) is 6.61 Å². The number of hydrogen-bond donors (Lipinski definition) is 2. The third-order valence-electron chi connectivity index (χ3n) is 1.17. The summed E-state index contributed by atoms with van der Waals surface area (Å²) in [6.45, 7) is 0.786. The van der Waals surface area contributed by atoms with Gasteiger partial charge >= 0.3 is 5.97 Å². The lowest BCUT2D eigenvalue weighted by Gasteiger charge is -2.00. The topological polar surface area (TPSA) is 75.6 Å². The van der Waals surface area contributed by atoms with Gasteiger partial charge in [0, 0.05) is 13.2 Å². The maximum Gasteiger partial charge on any atom is 0.329 e. The maximum atomic E-state index is 9.95. The first-order valence-corrected chi connectivity index (χ1v) is 3.74. The van der Waals surface area contributed by atoms with E-state index in [0.29, 0.717) is 19.6 Å². The Balaban J connectivity index is 2.90. The Morgan fingerprint density at radius 2 is 2.25 bits per heavy atom. The second-order valence-electron chi connectivity index (χ2n) is 2.23. The lowest BCUT2D eigenvalue weighted by Crippen LogP contribution is -2.13. The van der Waals surface area contributed by atoms with E-state index >= 15 is 0 Å². The number of carbonyl (C=O) groups is 2. The number of carboxylic acid groups (broad SMARTS) is 1. The zero-order valence-electron chi connectivity index (χ0n) is 6.78. The molecule has 0 atom stereocenters. The number of amides is 1. The van der Waals surface area contributed by atoms with E-state index in [-0.39, 0.29) is 6.61 Å². The molecule has 70 valence electrons. The van der Waals surface area contributed by atoms with Crippen molar-refractivity contribution in [3.63, 3.8) is 0 Å². The second-order valence-corrected chi connectivity index (χ2v) is 2.23. The van der Waals surface area contributed by atoms with E-state index in [1.165, 1.54) is 0 Å². The third kappa shape index (κ3) is 8.90. The van der Waals surface area contributed by atoms with Crippen molar-refractivity contribution in [3.8, 4) is 0 Å². The molecule has 0 saturated heterocycles. The molecule has 0 aromatic heterocycles. The molecule has 0 fully saturated rings. The second kappa shape index (κ2) is 8.00. The number of rotatable bonds is 8. The van der Waals surface area contributed by atoms with Crippen LogP contribution in [0.25, 0.3) is 0 Å². The maximum absolute atomic E-state index is 9.95. The quantitative estimate of drug-likeness (QED) is 0.389. The molecule has 0 unspecified atom stereocenters. The molecule has 0 aliphatic heterocycles. The summed E-state index contributed by atoms with van der Waals surface area (Å²) in [7, 11) is 0. The molecule has 0 aromatic rings. The first kappa shape index (κ1) is 10.9. The van der Waals surface area contributed by atoms with Crippen LogP contribution in [-0.4, -0.2) is 37.2 Å². The molecule has 0 spiro atoms. The van der Waals surface area contributed by atoms with Crippen molar-refractivity contribution >= 4 is 12.4 Å². The Labute approximate surface area is 70.7 Å². The van der Waals surface area contributed by atoms with Crippen LogP contribution in [-0.2, 0) is 14.3 Å². The summed E-state index contributed by atoms with van der Waals surface area (Å²) in [6.07, 6.45) is 2.20. The number of nitrogens with one attached hydrogen (secondary N) is 1. The molecule has 0 saturated carbocycles. The Kier molecular flexibility index (Phi) is 7.27. The van der Waals surface area contributed by atoms with Gasteiger partial charge in [0.25, 0.3) is 0 Å². The predicted octanol–water partition coefficient (Wildman–Crippen LogP) is -0.386. The minimum absolute atomic E-state index is 0.249. The van der Waals surface area contributed by atoms with E-state index in [9.17, 15) is 9.59 Å². The molecule has 0 heterocycles. The molecule has 0 aliphatic rings. The number of aliphatic carboxylic acids is 1. The first-order chi connectivity index (χ1) is 5.77. The standard InChI is InChI=1S/C7H13NO4/c9-6-8-3-1-2-4-12-5-7(10)11/h6H,1-5H2,(H,8,9)(H,10,11). The van der Waals surface area contributed by atoms with Crippen LogP contribution in [0.5, 0.6) is 0 Å². The predicted molar refractivity (Wildman–Crippen MR) is 41.8 cm³/mol. The van der Waals surface area contributed by atoms with Crippen molar-refractivity contribution in [3.05, 3.63) is 0 Å². The van der Waals surface area contributed by atoms with E-state index in [1.807, 2.05) is 0 Å². The van der Waals surface area contributed by atoms with Crippen molar-refractivity contribution in [2.24, 2.45) is 0 Å². The van der Waals surface area contributed by atoms with E-state index in [4.69, 9.17) is 9.84 Å². The van der Waals surface area contributed by atoms with Crippen LogP contribution in [0, 0.1) is 0 Å². The fourth-order valence-electron chi connectivity index (χ4n) is 0.650. The molecule has 2 N–H and O–H groups in total. The minimum Gasteiger partial charge on any atom is -0.480 e. The largest absolute Gasteiger partial charge is 0.480 e. The monoisotopic (exact) mass is 175 g/mol. The number of ether oxygens (including phenoxy) is 1. The van der Waals surface area contributed by atoms with Crippen molar-refractivity contribution in [2.45, 2.75) is 12.8 Å². The SMILES string of the molecule is O=CNCCCCOCC(=O)O. The van der Waals surface area contributed by atoms with Crippen LogP contribution in [0.4, 0.5) is 0 Å². The molecular formula is C7H13NO4. The highest BCUT2D eigenvalue weighted by Crippen LogP contribution is 1.87. The highest BCUT2D eigenvalue weighted by molar-refractivity contribution is 5.67. The molecular weight excluding hydrogens is 162 g/mol. The Hall–Kier alpha value is -1.10. The van der Waals surface area contributed by atoms with E-state index in [1.54, 1.807) is 0 Å². The summed E-state index contributed by atoms with van der Waals surface area (Å²) in [5, 5.41) is 10.7. The van der Waals surface area contributed by atoms with Crippen molar-refractivity contribution in [1.29, 1.82) is 0 Å². The van der Waals surface area contributed by atoms with E-state index in [2.05, 4.69) is 5.32 Å². The molecule has 0 rings (SSSR count). The number of carbonyl (C=O) groups excluding carboxylic acids is 1. The van der Waals surface area contributed by atoms with Crippen LogP contribution in [0.3, 0.4) is 0 Å². The zero-order chi connectivity index (χ0) is 9.23. The average Bonchev–Trinajstić information content (AvgIpc) is 2.02. The molecule has 5 heteroatoms. The zero-order valence-corrected chi connectivity index (χ0v) is 6.78. The number of carboxylic acids is 1. The summed E-state index contributed by atoms with van der Waals surface area (Å²) in [4.78, 5) is 19.7. The average molecular weight is 175 g/mol. The molecule has 0 bridgehead atoms. The van der Waals surface area contributed by atoms with Gasteiger partial charge in [-0.15, -0.1) is 0 Å². The Morgan fingerprint density at radius 1 is 1.50 bits per heavy atom. The van der Waals surface area contributed by atoms with Gasteiger partial charge in [0.05, 0.1) is 0 Å². The lowest BCUT2D eigenvalue weighted by atomic mass is 10.3. The van der Waals surface area contributed by atoms with Crippen LogP contribution in [0.2, 0.25) is 0 Å². The number of hydrogen-bond acceptors (Lipinski definition) is 3. The number of unbranched alkanes of at least 4 members (excludes halogenated alkanes) is 1. The van der Waals surface area contributed by atoms with E-state index < -0.39 is 5.97 Å². The molecule has 0 radical (unpaired) electrons. The smallest absolute Gasteiger partial charge is 0.329 e. The molecule has 5 nitrogen and oxygen atoms in total. The van der Waals surface area contributed by atoms with Gasteiger partial charge in [-0.25, -0.2) is 4.79 Å². The molecule has 0 aliphatic carbocycles. The van der Waals surface area contributed by atoms with Crippen molar-refractivity contribution in [1.82, 2.24) is 5.32 Å². The van der Waals surface area contributed by atoms with Crippen molar-refractivity contribution < 1.29 is 19.4 Å². The summed E-state index contributed by atoms with van der Waals surface area (Å²) in [5.74, 6) is -0.957. The lowest BCUT2D eigenvalue weighted by molar-refractivity contribution is -0.142. The van der Waals surface area contributed by atoms with Crippen LogP contribution in [0.1, 0.15) is 12.8 Å². The Morgan fingerprint density at radius 3 is 2.83 bits per heavy atom. The fraction of sp³-hybridized carbons (Fsp3) is 0.714. The van der Waals surface area contributed by atoms with Crippen molar-refractivity contribution in [2.75, 3.05) is 19.8 Å². The van der Waals surface area contributed by atoms with Gasteiger partial charge in [0.2, 0.25) is 6.41 Å². The normalized spacial score (nSPS) is 9.33. The summed E-state index contributed by atoms with van der Waals surface area (Å²) >= 11 is 0. The van der Waals surface area contributed by atoms with Gasteiger partial charge in [-0.3, -0.25) is 4.79 Å². The molecule has 12 heavy (non-hydrogen) atoms. The van der Waals surface area contributed by atoms with Gasteiger partial charge in [-0.05, 0) is 12.8 Å². The Bertz CT molecular complexity index is 137. The van der Waals surface area contributed by atoms with E-state index in [0.717, 1.165) is 12.8 Å². The van der Waals surface area contributed by atoms with Gasteiger partial charge in [-0.2, -0.15) is 0 Å². The summed E-state index contributed by atoms with van der Waals surface area (Å²) in [5.41, 5.74) is 0. The highest BCUT2D eigenvalue weighted by Gasteiger charge is 1.94. The first-order valence-electron chi connectivity index (χ1n) is 3.74. The molecule has 0 aromatic carbocycles. The minimum atomic E-state index is -0.957. The summed E-state index contributed by atoms with van der Waals surface area (Å²) in [6, 6.07) is 0. The molecule has 1 amide bonds. The highest BCUT2D eigenvalue weighted by atomic mass is 16.5. The van der Waals surface area contributed by atoms with Gasteiger partial charge in [0.15, 0.2) is 0 Å².